The van der Waals surface area contributed by atoms with Crippen molar-refractivity contribution < 1.29 is 21.6 Å². The summed E-state index contributed by atoms with van der Waals surface area (Å²) in [6, 6.07) is 8.59. The highest BCUT2D eigenvalue weighted by Gasteiger charge is 2.30. The fraction of sp³-hybridized carbons (Fsp3) is 0.389. The molecule has 1 aliphatic rings. The zero-order valence-electron chi connectivity index (χ0n) is 14.5. The second-order valence-corrected chi connectivity index (χ2v) is 8.25. The predicted octanol–water partition coefficient (Wildman–Crippen LogP) is 4.45. The molecule has 1 aliphatic carbocycles. The van der Waals surface area contributed by atoms with E-state index in [1.165, 1.54) is 31.4 Å². The molecule has 0 unspecified atom stereocenters. The Morgan fingerprint density at radius 2 is 1.63 bits per heavy atom. The van der Waals surface area contributed by atoms with Crippen molar-refractivity contribution in [3.63, 3.8) is 0 Å². The lowest BCUT2D eigenvalue weighted by molar-refractivity contribution is -0.137. The maximum Gasteiger partial charge on any atom is 0.417 e. The minimum Gasteiger partial charge on any atom is -0.292 e. The van der Waals surface area contributed by atoms with Gasteiger partial charge in [-0.15, -0.1) is 4.83 Å². The second kappa shape index (κ2) is 7.85. The third-order valence-electron chi connectivity index (χ3n) is 4.67. The summed E-state index contributed by atoms with van der Waals surface area (Å²) < 4.78 is 62.2. The predicted molar refractivity (Wildman–Crippen MR) is 95.5 cm³/mol. The molecule has 1 fully saturated rings. The third-order valence-corrected chi connectivity index (χ3v) is 5.93. The Labute approximate surface area is 156 Å². The van der Waals surface area contributed by atoms with E-state index >= 15 is 0 Å². The van der Waals surface area contributed by atoms with Crippen LogP contribution < -0.4 is 10.3 Å². The number of halogens is 3. The van der Waals surface area contributed by atoms with E-state index in [1.807, 2.05) is 12.1 Å². The van der Waals surface area contributed by atoms with Crippen molar-refractivity contribution >= 4 is 15.8 Å². The maximum absolute atomic E-state index is 12.5. The van der Waals surface area contributed by atoms with Gasteiger partial charge < -0.3 is 0 Å². The topological polar surface area (TPSA) is 71.1 Å². The molecule has 2 N–H and O–H groups in total. The number of sulfonamides is 1. The summed E-state index contributed by atoms with van der Waals surface area (Å²) in [5.74, 6) is 0.434. The van der Waals surface area contributed by atoms with E-state index in [2.05, 4.69) is 15.2 Å². The number of hydrogen-bond donors (Lipinski definition) is 2. The van der Waals surface area contributed by atoms with Crippen LogP contribution >= 0.6 is 0 Å². The SMILES string of the molecule is O=S(=O)(NNc1ccc(C(F)(F)F)cn1)c1ccc(C2CCCCC2)cc1. The molecular formula is C18H20F3N3O2S. The first kappa shape index (κ1) is 19.6. The fourth-order valence-corrected chi connectivity index (χ4v) is 4.02. The van der Waals surface area contributed by atoms with Crippen LogP contribution in [0.5, 0.6) is 0 Å². The van der Waals surface area contributed by atoms with Crippen LogP contribution in [0.25, 0.3) is 0 Å². The molecule has 0 bridgehead atoms. The molecule has 0 saturated heterocycles. The minimum absolute atomic E-state index is 0.0367. The highest BCUT2D eigenvalue weighted by atomic mass is 32.2. The van der Waals surface area contributed by atoms with Crippen LogP contribution in [0.2, 0.25) is 0 Å². The van der Waals surface area contributed by atoms with Crippen molar-refractivity contribution in [3.8, 4) is 0 Å². The summed E-state index contributed by atoms with van der Waals surface area (Å²) in [7, 11) is -3.87. The van der Waals surface area contributed by atoms with Crippen molar-refractivity contribution in [3.05, 3.63) is 53.7 Å². The molecule has 0 aliphatic heterocycles. The molecule has 0 atom stereocenters. The van der Waals surface area contributed by atoms with Crippen LogP contribution in [0, 0.1) is 0 Å². The molecule has 27 heavy (non-hydrogen) atoms. The van der Waals surface area contributed by atoms with Gasteiger partial charge in [-0.05, 0) is 48.6 Å². The largest absolute Gasteiger partial charge is 0.417 e. The van der Waals surface area contributed by atoms with Crippen molar-refractivity contribution in [2.75, 3.05) is 5.43 Å². The van der Waals surface area contributed by atoms with E-state index in [0.717, 1.165) is 30.5 Å². The Morgan fingerprint density at radius 1 is 0.963 bits per heavy atom. The van der Waals surface area contributed by atoms with Gasteiger partial charge in [0.15, 0.2) is 0 Å². The third kappa shape index (κ3) is 4.98. The zero-order chi connectivity index (χ0) is 19.5. The van der Waals surface area contributed by atoms with Gasteiger partial charge in [-0.25, -0.2) is 13.4 Å². The average molecular weight is 399 g/mol. The van der Waals surface area contributed by atoms with Crippen molar-refractivity contribution in [1.82, 2.24) is 9.82 Å². The van der Waals surface area contributed by atoms with Gasteiger partial charge in [0.1, 0.15) is 5.82 Å². The van der Waals surface area contributed by atoms with Crippen LogP contribution in [-0.2, 0) is 16.2 Å². The molecule has 1 heterocycles. The molecule has 9 heteroatoms. The molecule has 0 radical (unpaired) electrons. The number of nitrogens with one attached hydrogen (secondary N) is 2. The number of pyridine rings is 1. The smallest absolute Gasteiger partial charge is 0.292 e. The number of nitrogens with zero attached hydrogens (tertiary/aromatic N) is 1. The second-order valence-electron chi connectivity index (χ2n) is 6.56. The highest BCUT2D eigenvalue weighted by Crippen LogP contribution is 2.33. The van der Waals surface area contributed by atoms with Gasteiger partial charge in [-0.3, -0.25) is 5.43 Å². The van der Waals surface area contributed by atoms with Gasteiger partial charge >= 0.3 is 6.18 Å². The van der Waals surface area contributed by atoms with E-state index in [0.29, 0.717) is 12.1 Å². The minimum atomic E-state index is -4.49. The van der Waals surface area contributed by atoms with Gasteiger partial charge in [-0.1, -0.05) is 31.4 Å². The van der Waals surface area contributed by atoms with E-state index < -0.39 is 21.8 Å². The zero-order valence-corrected chi connectivity index (χ0v) is 15.3. The highest BCUT2D eigenvalue weighted by molar-refractivity contribution is 7.89. The van der Waals surface area contributed by atoms with Crippen LogP contribution in [0.15, 0.2) is 47.5 Å². The van der Waals surface area contributed by atoms with Gasteiger partial charge in [0.05, 0.1) is 10.5 Å². The summed E-state index contributed by atoms with van der Waals surface area (Å²) in [5, 5.41) is 0. The molecule has 1 saturated carbocycles. The van der Waals surface area contributed by atoms with Crippen LogP contribution in [0.1, 0.15) is 49.1 Å². The Balaban J connectivity index is 1.64. The number of anilines is 1. The first-order chi connectivity index (χ1) is 12.8. The Bertz CT molecular complexity index is 860. The summed E-state index contributed by atoms with van der Waals surface area (Å²) in [6.07, 6.45) is 2.00. The quantitative estimate of drug-likeness (QED) is 0.729. The molecule has 1 aromatic heterocycles. The molecule has 0 amide bonds. The Morgan fingerprint density at radius 3 is 2.19 bits per heavy atom. The number of rotatable bonds is 5. The summed E-state index contributed by atoms with van der Waals surface area (Å²) in [6.45, 7) is 0. The van der Waals surface area contributed by atoms with Crippen LogP contribution in [-0.4, -0.2) is 13.4 Å². The van der Waals surface area contributed by atoms with Gasteiger partial charge in [0.25, 0.3) is 10.0 Å². The monoisotopic (exact) mass is 399 g/mol. The molecule has 1 aromatic carbocycles. The fourth-order valence-electron chi connectivity index (χ4n) is 3.17. The lowest BCUT2D eigenvalue weighted by atomic mass is 9.84. The molecule has 3 rings (SSSR count). The lowest BCUT2D eigenvalue weighted by Gasteiger charge is -2.22. The number of benzene rings is 1. The summed E-state index contributed by atoms with van der Waals surface area (Å²) in [5.41, 5.74) is 2.55. The van der Waals surface area contributed by atoms with E-state index in [4.69, 9.17) is 0 Å². The summed E-state index contributed by atoms with van der Waals surface area (Å²) >= 11 is 0. The molecular weight excluding hydrogens is 379 g/mol. The van der Waals surface area contributed by atoms with Gasteiger partial charge in [0, 0.05) is 6.20 Å². The summed E-state index contributed by atoms with van der Waals surface area (Å²) in [4.78, 5) is 5.76. The van der Waals surface area contributed by atoms with Crippen LogP contribution in [0.4, 0.5) is 19.0 Å². The van der Waals surface area contributed by atoms with Crippen molar-refractivity contribution in [1.29, 1.82) is 0 Å². The molecule has 146 valence electrons. The van der Waals surface area contributed by atoms with E-state index in [9.17, 15) is 21.6 Å². The molecule has 5 nitrogen and oxygen atoms in total. The van der Waals surface area contributed by atoms with Crippen LogP contribution in [0.3, 0.4) is 0 Å². The standard InChI is InChI=1S/C18H20F3N3O2S/c19-18(20,21)15-8-11-17(22-12-15)23-24-27(25,26)16-9-6-14(7-10-16)13-4-2-1-3-5-13/h6-13,24H,1-5H2,(H,22,23). The normalized spacial score (nSPS) is 16.3. The molecule has 2 aromatic rings. The van der Waals surface area contributed by atoms with E-state index in [-0.39, 0.29) is 10.7 Å². The Kier molecular flexibility index (Phi) is 5.71. The van der Waals surface area contributed by atoms with Crippen molar-refractivity contribution in [2.45, 2.75) is 49.1 Å². The Hall–Kier alpha value is -2.13. The van der Waals surface area contributed by atoms with Gasteiger partial charge in [-0.2, -0.15) is 13.2 Å². The lowest BCUT2D eigenvalue weighted by Crippen LogP contribution is -2.30. The number of hydrazine groups is 1. The number of aromatic nitrogens is 1. The number of hydrogen-bond acceptors (Lipinski definition) is 4. The van der Waals surface area contributed by atoms with E-state index in [1.54, 1.807) is 0 Å². The van der Waals surface area contributed by atoms with Gasteiger partial charge in [0.2, 0.25) is 0 Å². The molecule has 0 spiro atoms. The average Bonchev–Trinajstić information content (AvgIpc) is 2.67. The van der Waals surface area contributed by atoms with Crippen molar-refractivity contribution in [2.24, 2.45) is 0 Å². The first-order valence-corrected chi connectivity index (χ1v) is 10.1. The number of alkyl halides is 3. The maximum atomic E-state index is 12.5. The first-order valence-electron chi connectivity index (χ1n) is 8.67.